The Hall–Kier alpha value is -0.300. The van der Waals surface area contributed by atoms with Crippen LogP contribution in [-0.4, -0.2) is 82.8 Å². The van der Waals surface area contributed by atoms with Crippen LogP contribution in [0.2, 0.25) is 0 Å². The van der Waals surface area contributed by atoms with E-state index in [2.05, 4.69) is 9.80 Å². The van der Waals surface area contributed by atoms with Gasteiger partial charge in [-0.1, -0.05) is 0 Å². The second kappa shape index (κ2) is 6.30. The molecule has 4 aliphatic rings. The Kier molecular flexibility index (Phi) is 4.74. The molecule has 2 N–H and O–H groups in total. The Bertz CT molecular complexity index is 364. The first-order valence-electron chi connectivity index (χ1n) is 8.54. The van der Waals surface area contributed by atoms with Crippen molar-refractivity contribution >= 4 is 0 Å². The monoisotopic (exact) mass is 318 g/mol. The number of alkyl halides is 2. The van der Waals surface area contributed by atoms with Crippen LogP contribution < -0.4 is 0 Å². The average Bonchev–Trinajstić information content (AvgIpc) is 3.17. The largest absolute Gasteiger partial charge is 0.394 e. The van der Waals surface area contributed by atoms with Crippen molar-refractivity contribution < 1.29 is 19.0 Å². The summed E-state index contributed by atoms with van der Waals surface area (Å²) in [5.74, 6) is 0. The van der Waals surface area contributed by atoms with Crippen LogP contribution in [0, 0.1) is 0 Å². The molecule has 128 valence electrons. The lowest BCUT2D eigenvalue weighted by Crippen LogP contribution is -2.41. The summed E-state index contributed by atoms with van der Waals surface area (Å²) in [7, 11) is 0. The summed E-state index contributed by atoms with van der Waals surface area (Å²) in [6, 6.07) is 0. The molecule has 4 fully saturated rings. The van der Waals surface area contributed by atoms with Crippen LogP contribution >= 0.6 is 0 Å². The van der Waals surface area contributed by atoms with Crippen molar-refractivity contribution in [3.8, 4) is 0 Å². The lowest BCUT2D eigenvalue weighted by molar-refractivity contribution is 0.0996. The van der Waals surface area contributed by atoms with Gasteiger partial charge in [0, 0.05) is 37.0 Å². The molecule has 4 heterocycles. The zero-order valence-corrected chi connectivity index (χ0v) is 13.2. The molecular formula is C16H28F2N2O2. The Morgan fingerprint density at radius 3 is 1.55 bits per heavy atom. The molecule has 0 aromatic carbocycles. The Morgan fingerprint density at radius 1 is 0.818 bits per heavy atom. The highest BCUT2D eigenvalue weighted by atomic mass is 19.1. The number of aliphatic hydroxyl groups excluding tert-OH is 2. The maximum atomic E-state index is 12.9. The molecule has 0 aliphatic carbocycles. The number of aliphatic hydroxyl groups is 2. The predicted molar refractivity (Wildman–Crippen MR) is 80.3 cm³/mol. The molecular weight excluding hydrogens is 290 g/mol. The first-order valence-corrected chi connectivity index (χ1v) is 8.54. The van der Waals surface area contributed by atoms with Crippen molar-refractivity contribution in [3.63, 3.8) is 0 Å². The van der Waals surface area contributed by atoms with Crippen LogP contribution in [0.1, 0.15) is 38.5 Å². The lowest BCUT2D eigenvalue weighted by Gasteiger charge is -2.28. The van der Waals surface area contributed by atoms with Crippen molar-refractivity contribution in [2.45, 2.75) is 61.9 Å². The number of nitrogens with zero attached hydrogens (tertiary/aromatic N) is 2. The molecule has 4 saturated heterocycles. The SMILES string of the molecule is OC[C@@]12CCCN1C[C@H](F)C2.OC[C@]12CCCN1C[C@@H](F)C2. The summed E-state index contributed by atoms with van der Waals surface area (Å²) >= 11 is 0. The van der Waals surface area contributed by atoms with Gasteiger partial charge in [0.05, 0.1) is 13.2 Å². The van der Waals surface area contributed by atoms with Crippen molar-refractivity contribution in [1.82, 2.24) is 9.80 Å². The fraction of sp³-hybridized carbons (Fsp3) is 1.00. The van der Waals surface area contributed by atoms with E-state index < -0.39 is 12.3 Å². The first kappa shape index (κ1) is 16.6. The van der Waals surface area contributed by atoms with E-state index in [1.165, 1.54) is 0 Å². The number of hydrogen-bond donors (Lipinski definition) is 2. The van der Waals surface area contributed by atoms with E-state index in [1.807, 2.05) is 0 Å². The maximum Gasteiger partial charge on any atom is 0.115 e. The minimum absolute atomic E-state index is 0.132. The molecule has 4 rings (SSSR count). The van der Waals surface area contributed by atoms with Crippen molar-refractivity contribution in [2.75, 3.05) is 39.4 Å². The van der Waals surface area contributed by atoms with Gasteiger partial charge in [-0.2, -0.15) is 0 Å². The standard InChI is InChI=1S/2C8H14FNO/c2*9-7-4-8(6-11)2-1-3-10(8)5-7/h2*7,11H,1-6H2/t2*7-,8+/m10/s1. The van der Waals surface area contributed by atoms with Crippen LogP contribution in [0.3, 0.4) is 0 Å². The van der Waals surface area contributed by atoms with E-state index in [9.17, 15) is 8.78 Å². The van der Waals surface area contributed by atoms with Crippen molar-refractivity contribution in [2.24, 2.45) is 0 Å². The fourth-order valence-electron chi connectivity index (χ4n) is 4.94. The van der Waals surface area contributed by atoms with Crippen LogP contribution in [0.4, 0.5) is 8.78 Å². The molecule has 4 atom stereocenters. The average molecular weight is 318 g/mol. The molecule has 6 heteroatoms. The second-order valence-electron chi connectivity index (χ2n) is 7.47. The van der Waals surface area contributed by atoms with Gasteiger partial charge in [-0.3, -0.25) is 9.80 Å². The van der Waals surface area contributed by atoms with Gasteiger partial charge in [-0.05, 0) is 38.8 Å². The van der Waals surface area contributed by atoms with E-state index in [1.54, 1.807) is 0 Å². The van der Waals surface area contributed by atoms with Gasteiger partial charge in [-0.15, -0.1) is 0 Å². The summed E-state index contributed by atoms with van der Waals surface area (Å²) in [4.78, 5) is 4.22. The normalized spacial score (nSPS) is 44.7. The van der Waals surface area contributed by atoms with Gasteiger partial charge in [0.1, 0.15) is 12.3 Å². The summed E-state index contributed by atoms with van der Waals surface area (Å²) in [5.41, 5.74) is -0.334. The van der Waals surface area contributed by atoms with E-state index in [0.29, 0.717) is 25.9 Å². The summed E-state index contributed by atoms with van der Waals surface area (Å²) in [5, 5.41) is 18.3. The zero-order valence-electron chi connectivity index (χ0n) is 13.2. The maximum absolute atomic E-state index is 12.9. The third-order valence-corrected chi connectivity index (χ3v) is 6.11. The summed E-state index contributed by atoms with van der Waals surface area (Å²) < 4.78 is 25.8. The van der Waals surface area contributed by atoms with E-state index >= 15 is 0 Å². The number of fused-ring (bicyclic) bond motifs is 2. The van der Waals surface area contributed by atoms with Gasteiger partial charge in [0.25, 0.3) is 0 Å². The van der Waals surface area contributed by atoms with Crippen molar-refractivity contribution in [3.05, 3.63) is 0 Å². The zero-order chi connectivity index (χ0) is 15.8. The second-order valence-corrected chi connectivity index (χ2v) is 7.47. The summed E-state index contributed by atoms with van der Waals surface area (Å²) in [6.45, 7) is 3.30. The molecule has 0 bridgehead atoms. The lowest BCUT2D eigenvalue weighted by atomic mass is 9.95. The third-order valence-electron chi connectivity index (χ3n) is 6.11. The van der Waals surface area contributed by atoms with Gasteiger partial charge in [0.15, 0.2) is 0 Å². The first-order chi connectivity index (χ1) is 10.5. The Balaban J connectivity index is 0.000000131. The van der Waals surface area contributed by atoms with Gasteiger partial charge >= 0.3 is 0 Å². The van der Waals surface area contributed by atoms with E-state index in [4.69, 9.17) is 10.2 Å². The van der Waals surface area contributed by atoms with Gasteiger partial charge in [-0.25, -0.2) is 8.78 Å². The Labute approximate surface area is 131 Å². The molecule has 0 aromatic rings. The molecule has 4 aliphatic heterocycles. The van der Waals surface area contributed by atoms with Gasteiger partial charge in [0.2, 0.25) is 0 Å². The number of halogens is 2. The minimum atomic E-state index is -0.706. The van der Waals surface area contributed by atoms with E-state index in [-0.39, 0.29) is 24.3 Å². The van der Waals surface area contributed by atoms with Crippen LogP contribution in [0.25, 0.3) is 0 Å². The molecule has 0 radical (unpaired) electrons. The van der Waals surface area contributed by atoms with Crippen molar-refractivity contribution in [1.29, 1.82) is 0 Å². The van der Waals surface area contributed by atoms with Crippen LogP contribution in [-0.2, 0) is 0 Å². The third kappa shape index (κ3) is 2.79. The molecule has 4 nitrogen and oxygen atoms in total. The molecule has 22 heavy (non-hydrogen) atoms. The minimum Gasteiger partial charge on any atom is -0.394 e. The predicted octanol–water partition coefficient (Wildman–Crippen LogP) is 1.11. The quantitative estimate of drug-likeness (QED) is 0.801. The number of hydrogen-bond acceptors (Lipinski definition) is 4. The molecule has 0 amide bonds. The van der Waals surface area contributed by atoms with E-state index in [0.717, 1.165) is 38.8 Å². The fourth-order valence-corrected chi connectivity index (χ4v) is 4.94. The van der Waals surface area contributed by atoms with Crippen LogP contribution in [0.5, 0.6) is 0 Å². The highest BCUT2D eigenvalue weighted by Crippen LogP contribution is 2.40. The molecule has 0 spiro atoms. The topological polar surface area (TPSA) is 46.9 Å². The highest BCUT2D eigenvalue weighted by Gasteiger charge is 2.48. The summed E-state index contributed by atoms with van der Waals surface area (Å²) in [6.07, 6.45) is 3.87. The van der Waals surface area contributed by atoms with Gasteiger partial charge < -0.3 is 10.2 Å². The highest BCUT2D eigenvalue weighted by molar-refractivity contribution is 5.03. The Morgan fingerprint density at radius 2 is 1.23 bits per heavy atom. The smallest absolute Gasteiger partial charge is 0.115 e. The van der Waals surface area contributed by atoms with Crippen LogP contribution in [0.15, 0.2) is 0 Å². The molecule has 0 saturated carbocycles. The molecule has 0 aromatic heterocycles. The molecule has 0 unspecified atom stereocenters. The number of rotatable bonds is 2.